The normalized spacial score (nSPS) is 12.3. The van der Waals surface area contributed by atoms with Crippen molar-refractivity contribution in [3.63, 3.8) is 0 Å². The van der Waals surface area contributed by atoms with Gasteiger partial charge in [-0.05, 0) is 42.3 Å². The van der Waals surface area contributed by atoms with E-state index in [-0.39, 0.29) is 6.04 Å². The minimum Gasteiger partial charge on any atom is -0.493 e. The van der Waals surface area contributed by atoms with Gasteiger partial charge in [0.2, 0.25) is 0 Å². The molecule has 0 spiro atoms. The summed E-state index contributed by atoms with van der Waals surface area (Å²) in [6, 6.07) is 3.88. The van der Waals surface area contributed by atoms with Gasteiger partial charge in [0.15, 0.2) is 0 Å². The van der Waals surface area contributed by atoms with E-state index in [1.807, 2.05) is 26.0 Å². The Morgan fingerprint density at radius 2 is 1.71 bits per heavy atom. The van der Waals surface area contributed by atoms with E-state index in [0.29, 0.717) is 13.2 Å². The van der Waals surface area contributed by atoms with Gasteiger partial charge in [0.1, 0.15) is 11.5 Å². The largest absolute Gasteiger partial charge is 0.493 e. The summed E-state index contributed by atoms with van der Waals surface area (Å²) in [4.78, 5) is 0. The summed E-state index contributed by atoms with van der Waals surface area (Å²) in [5, 5.41) is 0. The first kappa shape index (κ1) is 14.3. The molecular formula is C13H20BrNO2. The van der Waals surface area contributed by atoms with E-state index in [0.717, 1.165) is 28.0 Å². The van der Waals surface area contributed by atoms with Gasteiger partial charge in [-0.25, -0.2) is 0 Å². The number of halogens is 1. The predicted octanol–water partition coefficient (Wildman–Crippen LogP) is 3.66. The molecule has 3 nitrogen and oxygen atoms in total. The zero-order valence-electron chi connectivity index (χ0n) is 10.6. The first-order valence-corrected chi connectivity index (χ1v) is 6.77. The summed E-state index contributed by atoms with van der Waals surface area (Å²) in [7, 11) is 0. The van der Waals surface area contributed by atoms with Crippen LogP contribution < -0.4 is 15.2 Å². The third-order valence-electron chi connectivity index (χ3n) is 2.50. The molecule has 17 heavy (non-hydrogen) atoms. The lowest BCUT2D eigenvalue weighted by Crippen LogP contribution is -2.11. The van der Waals surface area contributed by atoms with Crippen LogP contribution in [0.1, 0.15) is 38.8 Å². The molecule has 1 aromatic carbocycles. The lowest BCUT2D eigenvalue weighted by Gasteiger charge is -2.17. The van der Waals surface area contributed by atoms with E-state index in [2.05, 4.69) is 22.9 Å². The summed E-state index contributed by atoms with van der Waals surface area (Å²) in [5.74, 6) is 1.61. The molecule has 1 atom stereocenters. The Labute approximate surface area is 111 Å². The number of hydrogen-bond acceptors (Lipinski definition) is 3. The smallest absolute Gasteiger partial charge is 0.137 e. The third kappa shape index (κ3) is 3.61. The molecule has 0 radical (unpaired) electrons. The van der Waals surface area contributed by atoms with Crippen molar-refractivity contribution >= 4 is 15.9 Å². The van der Waals surface area contributed by atoms with E-state index in [1.54, 1.807) is 0 Å². The van der Waals surface area contributed by atoms with Gasteiger partial charge in [-0.2, -0.15) is 0 Å². The Balaban J connectivity index is 3.15. The SMILES string of the molecule is CCOc1cc(OCC)c(C(N)CC)cc1Br. The number of ether oxygens (including phenoxy) is 2. The van der Waals surface area contributed by atoms with Crippen LogP contribution in [0.2, 0.25) is 0 Å². The third-order valence-corrected chi connectivity index (χ3v) is 3.12. The second kappa shape index (κ2) is 6.87. The topological polar surface area (TPSA) is 44.5 Å². The molecule has 4 heteroatoms. The molecule has 0 aromatic heterocycles. The summed E-state index contributed by atoms with van der Waals surface area (Å²) >= 11 is 3.49. The van der Waals surface area contributed by atoms with Crippen LogP contribution >= 0.6 is 15.9 Å². The zero-order chi connectivity index (χ0) is 12.8. The molecule has 0 saturated carbocycles. The maximum Gasteiger partial charge on any atom is 0.137 e. The molecule has 0 aliphatic rings. The maximum absolute atomic E-state index is 6.08. The standard InChI is InChI=1S/C13H20BrNO2/c1-4-11(15)9-7-10(14)13(17-6-3)8-12(9)16-5-2/h7-8,11H,4-6,15H2,1-3H3. The Bertz CT molecular complexity index is 369. The molecule has 96 valence electrons. The number of nitrogens with two attached hydrogens (primary N) is 1. The Morgan fingerprint density at radius 3 is 2.24 bits per heavy atom. The molecule has 0 bridgehead atoms. The Kier molecular flexibility index (Phi) is 5.78. The fourth-order valence-corrected chi connectivity index (χ4v) is 2.08. The summed E-state index contributed by atoms with van der Waals surface area (Å²) in [5.41, 5.74) is 7.09. The summed E-state index contributed by atoms with van der Waals surface area (Å²) in [6.45, 7) is 7.23. The number of hydrogen-bond donors (Lipinski definition) is 1. The van der Waals surface area contributed by atoms with Crippen molar-refractivity contribution in [2.24, 2.45) is 5.73 Å². The van der Waals surface area contributed by atoms with E-state index in [1.165, 1.54) is 0 Å². The van der Waals surface area contributed by atoms with Gasteiger partial charge in [0.25, 0.3) is 0 Å². The quantitative estimate of drug-likeness (QED) is 0.872. The van der Waals surface area contributed by atoms with Crippen molar-refractivity contribution in [3.8, 4) is 11.5 Å². The van der Waals surface area contributed by atoms with Crippen LogP contribution in [0.25, 0.3) is 0 Å². The minimum absolute atomic E-state index is 0.0106. The van der Waals surface area contributed by atoms with Crippen LogP contribution in [0.15, 0.2) is 16.6 Å². The first-order valence-electron chi connectivity index (χ1n) is 5.98. The molecule has 1 unspecified atom stereocenters. The summed E-state index contributed by atoms with van der Waals surface area (Å²) < 4.78 is 12.1. The highest BCUT2D eigenvalue weighted by Crippen LogP contribution is 2.36. The molecule has 0 amide bonds. The molecule has 1 aromatic rings. The number of benzene rings is 1. The molecule has 2 N–H and O–H groups in total. The predicted molar refractivity (Wildman–Crippen MR) is 73.7 cm³/mol. The van der Waals surface area contributed by atoms with E-state index in [4.69, 9.17) is 15.2 Å². The van der Waals surface area contributed by atoms with Crippen molar-refractivity contribution in [2.45, 2.75) is 33.2 Å². The van der Waals surface area contributed by atoms with Crippen molar-refractivity contribution in [1.29, 1.82) is 0 Å². The van der Waals surface area contributed by atoms with Gasteiger partial charge in [-0.1, -0.05) is 6.92 Å². The van der Waals surface area contributed by atoms with Crippen molar-refractivity contribution < 1.29 is 9.47 Å². The lowest BCUT2D eigenvalue weighted by atomic mass is 10.0. The van der Waals surface area contributed by atoms with Gasteiger partial charge >= 0.3 is 0 Å². The van der Waals surface area contributed by atoms with Gasteiger partial charge in [-0.3, -0.25) is 0 Å². The van der Waals surface area contributed by atoms with Crippen molar-refractivity contribution in [2.75, 3.05) is 13.2 Å². The Morgan fingerprint density at radius 1 is 1.12 bits per heavy atom. The molecular weight excluding hydrogens is 282 g/mol. The maximum atomic E-state index is 6.08. The fourth-order valence-electron chi connectivity index (χ4n) is 1.61. The molecule has 0 saturated heterocycles. The van der Waals surface area contributed by atoms with E-state index < -0.39 is 0 Å². The highest BCUT2D eigenvalue weighted by Gasteiger charge is 2.14. The highest BCUT2D eigenvalue weighted by atomic mass is 79.9. The lowest BCUT2D eigenvalue weighted by molar-refractivity contribution is 0.317. The van der Waals surface area contributed by atoms with Gasteiger partial charge in [-0.15, -0.1) is 0 Å². The van der Waals surface area contributed by atoms with E-state index >= 15 is 0 Å². The first-order chi connectivity index (χ1) is 8.13. The zero-order valence-corrected chi connectivity index (χ0v) is 12.2. The van der Waals surface area contributed by atoms with Crippen LogP contribution in [0, 0.1) is 0 Å². The summed E-state index contributed by atoms with van der Waals surface area (Å²) in [6.07, 6.45) is 0.875. The molecule has 0 aliphatic carbocycles. The second-order valence-corrected chi connectivity index (χ2v) is 4.56. The fraction of sp³-hybridized carbons (Fsp3) is 0.538. The number of rotatable bonds is 6. The second-order valence-electron chi connectivity index (χ2n) is 3.70. The van der Waals surface area contributed by atoms with Gasteiger partial charge in [0, 0.05) is 17.7 Å². The van der Waals surface area contributed by atoms with Crippen LogP contribution in [0.5, 0.6) is 11.5 Å². The minimum atomic E-state index is -0.0106. The Hall–Kier alpha value is -0.740. The highest BCUT2D eigenvalue weighted by molar-refractivity contribution is 9.10. The van der Waals surface area contributed by atoms with Crippen LogP contribution in [0.3, 0.4) is 0 Å². The molecule has 1 rings (SSSR count). The van der Waals surface area contributed by atoms with Crippen LogP contribution in [0.4, 0.5) is 0 Å². The van der Waals surface area contributed by atoms with Crippen molar-refractivity contribution in [3.05, 3.63) is 22.2 Å². The average Bonchev–Trinajstić information content (AvgIpc) is 2.32. The van der Waals surface area contributed by atoms with Gasteiger partial charge < -0.3 is 15.2 Å². The van der Waals surface area contributed by atoms with Crippen LogP contribution in [-0.4, -0.2) is 13.2 Å². The van der Waals surface area contributed by atoms with Crippen molar-refractivity contribution in [1.82, 2.24) is 0 Å². The monoisotopic (exact) mass is 301 g/mol. The average molecular weight is 302 g/mol. The van der Waals surface area contributed by atoms with E-state index in [9.17, 15) is 0 Å². The van der Waals surface area contributed by atoms with Gasteiger partial charge in [0.05, 0.1) is 17.7 Å². The molecule has 0 aliphatic heterocycles. The van der Waals surface area contributed by atoms with Crippen LogP contribution in [-0.2, 0) is 0 Å². The molecule has 0 fully saturated rings. The molecule has 0 heterocycles.